The van der Waals surface area contributed by atoms with E-state index in [1.165, 1.54) is 6.92 Å². The molecule has 0 unspecified atom stereocenters. The molecule has 1 fully saturated rings. The number of nitrogens with one attached hydrogen (secondary N) is 1. The third kappa shape index (κ3) is 3.64. The summed E-state index contributed by atoms with van der Waals surface area (Å²) in [5.74, 6) is -4.88. The lowest BCUT2D eigenvalue weighted by atomic mass is 9.96. The van der Waals surface area contributed by atoms with Crippen molar-refractivity contribution in [2.75, 3.05) is 6.61 Å². The van der Waals surface area contributed by atoms with E-state index < -0.39 is 55.0 Å². The lowest BCUT2D eigenvalue weighted by Crippen LogP contribution is -2.65. The van der Waals surface area contributed by atoms with Gasteiger partial charge in [-0.3, -0.25) is 4.79 Å². The topological polar surface area (TPSA) is 157 Å². The SMILES string of the molecule is CC(=O)N[C@H]1[C@H]([C@H](O)CCO)O[C@@](O)(C(=O)O)[13CH2][C@@H]1O. The van der Waals surface area contributed by atoms with Crippen LogP contribution in [0.5, 0.6) is 0 Å². The summed E-state index contributed by atoms with van der Waals surface area (Å²) in [4.78, 5) is 22.1. The van der Waals surface area contributed by atoms with Crippen LogP contribution in [0.2, 0.25) is 0 Å². The number of aliphatic hydroxyl groups excluding tert-OH is 3. The van der Waals surface area contributed by atoms with E-state index in [0.29, 0.717) is 0 Å². The molecule has 0 aromatic rings. The van der Waals surface area contributed by atoms with Gasteiger partial charge in [0.2, 0.25) is 5.91 Å². The summed E-state index contributed by atoms with van der Waals surface area (Å²) in [5.41, 5.74) is 0. The first-order chi connectivity index (χ1) is 9.21. The number of hydrogen-bond donors (Lipinski definition) is 6. The van der Waals surface area contributed by atoms with Crippen molar-refractivity contribution < 1.29 is 39.9 Å². The second-order valence-corrected chi connectivity index (χ2v) is 4.75. The van der Waals surface area contributed by atoms with Crippen LogP contribution in [-0.2, 0) is 14.3 Å². The number of aliphatic carboxylic acids is 1. The van der Waals surface area contributed by atoms with Crippen molar-refractivity contribution in [1.82, 2.24) is 5.32 Å². The summed E-state index contributed by atoms with van der Waals surface area (Å²) < 4.78 is 4.95. The summed E-state index contributed by atoms with van der Waals surface area (Å²) in [5, 5.41) is 49.6. The van der Waals surface area contributed by atoms with Gasteiger partial charge in [-0.05, 0) is 6.42 Å². The second kappa shape index (κ2) is 6.46. The molecule has 20 heavy (non-hydrogen) atoms. The molecule has 0 aliphatic carbocycles. The Balaban J connectivity index is 2.99. The molecule has 1 rings (SSSR count). The van der Waals surface area contributed by atoms with Crippen LogP contribution in [0.4, 0.5) is 0 Å². The Hall–Kier alpha value is -1.26. The molecule has 0 radical (unpaired) electrons. The zero-order valence-corrected chi connectivity index (χ0v) is 10.9. The molecule has 0 aromatic heterocycles. The Morgan fingerprint density at radius 2 is 2.10 bits per heavy atom. The third-order valence-electron chi connectivity index (χ3n) is 3.09. The van der Waals surface area contributed by atoms with Gasteiger partial charge in [0.25, 0.3) is 5.79 Å². The van der Waals surface area contributed by atoms with Crippen molar-refractivity contribution in [2.24, 2.45) is 0 Å². The summed E-state index contributed by atoms with van der Waals surface area (Å²) >= 11 is 0. The van der Waals surface area contributed by atoms with Gasteiger partial charge < -0.3 is 35.6 Å². The van der Waals surface area contributed by atoms with Crippen molar-refractivity contribution in [3.63, 3.8) is 0 Å². The fraction of sp³-hybridized carbons (Fsp3) is 0.818. The highest BCUT2D eigenvalue weighted by molar-refractivity contribution is 5.76. The Bertz CT molecular complexity index is 375. The zero-order valence-electron chi connectivity index (χ0n) is 10.9. The first-order valence-electron chi connectivity index (χ1n) is 6.09. The molecule has 1 aliphatic heterocycles. The van der Waals surface area contributed by atoms with Crippen LogP contribution in [0.1, 0.15) is 19.8 Å². The molecular weight excluding hydrogens is 275 g/mol. The second-order valence-electron chi connectivity index (χ2n) is 4.75. The maximum atomic E-state index is 11.1. The predicted octanol–water partition coefficient (Wildman–Crippen LogP) is -2.84. The van der Waals surface area contributed by atoms with Gasteiger partial charge in [0.05, 0.1) is 18.2 Å². The van der Waals surface area contributed by atoms with Gasteiger partial charge in [-0.15, -0.1) is 0 Å². The van der Waals surface area contributed by atoms with Gasteiger partial charge in [-0.2, -0.15) is 0 Å². The van der Waals surface area contributed by atoms with E-state index in [4.69, 9.17) is 14.9 Å². The van der Waals surface area contributed by atoms with E-state index >= 15 is 0 Å². The average molecular weight is 294 g/mol. The summed E-state index contributed by atoms with van der Waals surface area (Å²) in [6, 6.07) is -1.09. The molecule has 1 amide bonds. The molecule has 0 bridgehead atoms. The lowest BCUT2D eigenvalue weighted by Gasteiger charge is -2.44. The predicted molar refractivity (Wildman–Crippen MR) is 63.4 cm³/mol. The molecule has 5 atom stereocenters. The third-order valence-corrected chi connectivity index (χ3v) is 3.09. The van der Waals surface area contributed by atoms with Gasteiger partial charge in [-0.25, -0.2) is 4.79 Å². The quantitative estimate of drug-likeness (QED) is 0.296. The molecule has 1 saturated heterocycles. The number of rotatable bonds is 5. The van der Waals surface area contributed by atoms with Gasteiger partial charge in [0.15, 0.2) is 0 Å². The number of carbonyl (C=O) groups excluding carboxylic acids is 1. The number of carbonyl (C=O) groups is 2. The van der Waals surface area contributed by atoms with Gasteiger partial charge in [-0.1, -0.05) is 0 Å². The maximum Gasteiger partial charge on any atom is 0.364 e. The molecule has 0 spiro atoms. The Kier molecular flexibility index (Phi) is 5.42. The minimum absolute atomic E-state index is 0.164. The van der Waals surface area contributed by atoms with Crippen LogP contribution in [0, 0.1) is 0 Å². The molecule has 0 saturated carbocycles. The molecular formula is C11H19NO8. The molecule has 9 nitrogen and oxygen atoms in total. The minimum Gasteiger partial charge on any atom is -0.477 e. The number of ether oxygens (including phenoxy) is 1. The highest BCUT2D eigenvalue weighted by Gasteiger charge is 2.52. The molecule has 1 heterocycles. The van der Waals surface area contributed by atoms with Crippen LogP contribution in [0.25, 0.3) is 0 Å². The Labute approximate surface area is 114 Å². The highest BCUT2D eigenvalue weighted by Crippen LogP contribution is 2.30. The fourth-order valence-corrected chi connectivity index (χ4v) is 2.14. The van der Waals surface area contributed by atoms with Crippen molar-refractivity contribution >= 4 is 11.9 Å². The number of carboxylic acids is 1. The monoisotopic (exact) mass is 294 g/mol. The number of amides is 1. The van der Waals surface area contributed by atoms with Crippen LogP contribution >= 0.6 is 0 Å². The van der Waals surface area contributed by atoms with Crippen molar-refractivity contribution in [2.45, 2.75) is 49.9 Å². The smallest absolute Gasteiger partial charge is 0.364 e. The van der Waals surface area contributed by atoms with Gasteiger partial charge in [0.1, 0.15) is 6.10 Å². The standard InChI is InChI=1S/C11H19NO8/c1-5(14)12-8-7(16)4-11(19,10(17)18)20-9(8)6(15)2-3-13/h6-9,13,15-16,19H,2-4H2,1H3,(H,12,14)(H,17,18)/t6-,7+,8-,9+,11-/m1/s1/i4+1. The van der Waals surface area contributed by atoms with E-state index in [1.807, 2.05) is 0 Å². The van der Waals surface area contributed by atoms with E-state index in [1.54, 1.807) is 0 Å². The van der Waals surface area contributed by atoms with E-state index in [-0.39, 0.29) is 6.42 Å². The minimum atomic E-state index is -2.66. The van der Waals surface area contributed by atoms with Crippen LogP contribution in [-0.4, -0.2) is 74.2 Å². The number of hydrogen-bond acceptors (Lipinski definition) is 7. The molecule has 1 aliphatic rings. The van der Waals surface area contributed by atoms with Crippen molar-refractivity contribution in [1.29, 1.82) is 0 Å². The zero-order chi connectivity index (χ0) is 15.5. The summed E-state index contributed by atoms with van der Waals surface area (Å²) in [6.45, 7) is 0.773. The van der Waals surface area contributed by atoms with E-state index in [9.17, 15) is 24.9 Å². The lowest BCUT2D eigenvalue weighted by molar-refractivity contribution is -0.289. The van der Waals surface area contributed by atoms with Crippen molar-refractivity contribution in [3.8, 4) is 0 Å². The largest absolute Gasteiger partial charge is 0.477 e. The summed E-state index contributed by atoms with van der Waals surface area (Å²) in [6.07, 6.45) is -4.97. The summed E-state index contributed by atoms with van der Waals surface area (Å²) in [7, 11) is 0. The highest BCUT2D eigenvalue weighted by atomic mass is 16.7. The van der Waals surface area contributed by atoms with Crippen LogP contribution < -0.4 is 5.32 Å². The molecule has 0 aromatic carbocycles. The van der Waals surface area contributed by atoms with Gasteiger partial charge >= 0.3 is 5.97 Å². The number of aliphatic hydroxyl groups is 4. The number of carboxylic acid groups (broad SMARTS) is 1. The van der Waals surface area contributed by atoms with E-state index in [2.05, 4.69) is 5.32 Å². The average Bonchev–Trinajstić information content (AvgIpc) is 2.32. The fourth-order valence-electron chi connectivity index (χ4n) is 2.14. The van der Waals surface area contributed by atoms with Gasteiger partial charge in [0, 0.05) is 20.0 Å². The van der Waals surface area contributed by atoms with Crippen molar-refractivity contribution in [3.05, 3.63) is 0 Å². The Morgan fingerprint density at radius 1 is 1.50 bits per heavy atom. The molecule has 116 valence electrons. The first-order valence-corrected chi connectivity index (χ1v) is 6.09. The normalized spacial score (nSPS) is 35.4. The van der Waals surface area contributed by atoms with Crippen LogP contribution in [0.15, 0.2) is 0 Å². The van der Waals surface area contributed by atoms with E-state index in [0.717, 1.165) is 0 Å². The van der Waals surface area contributed by atoms with Crippen LogP contribution in [0.3, 0.4) is 0 Å². The molecule has 9 heteroatoms. The maximum absolute atomic E-state index is 11.1. The Morgan fingerprint density at radius 3 is 2.55 bits per heavy atom. The first kappa shape index (κ1) is 16.8. The molecule has 6 N–H and O–H groups in total.